The lowest BCUT2D eigenvalue weighted by Gasteiger charge is -2.05. The molecule has 9 heteroatoms. The number of ether oxygens (including phenoxy) is 1. The van der Waals surface area contributed by atoms with Gasteiger partial charge in [-0.15, -0.1) is 0 Å². The normalized spacial score (nSPS) is 11.4. The topological polar surface area (TPSA) is 94.3 Å². The Hall–Kier alpha value is -2.42. The predicted molar refractivity (Wildman–Crippen MR) is 91.8 cm³/mol. The minimum atomic E-state index is -3.70. The number of methoxy groups -OCH3 is 1. The molecule has 0 atom stereocenters. The van der Waals surface area contributed by atoms with Crippen LogP contribution >= 0.6 is 11.6 Å². The summed E-state index contributed by atoms with van der Waals surface area (Å²) in [5.74, 6) is 1.08. The molecule has 0 saturated carbocycles. The van der Waals surface area contributed by atoms with Crippen LogP contribution in [0.3, 0.4) is 0 Å². The van der Waals surface area contributed by atoms with Gasteiger partial charge in [-0.25, -0.2) is 13.1 Å². The van der Waals surface area contributed by atoms with E-state index in [1.54, 1.807) is 36.4 Å². The number of benzene rings is 2. The highest BCUT2D eigenvalue weighted by molar-refractivity contribution is 7.89. The average Bonchev–Trinajstić information content (AvgIpc) is 3.10. The average molecular weight is 380 g/mol. The molecule has 0 aliphatic rings. The van der Waals surface area contributed by atoms with Crippen LogP contribution in [0.15, 0.2) is 57.9 Å². The Labute approximate surface area is 149 Å². The molecule has 0 radical (unpaired) electrons. The Bertz CT molecular complexity index is 954. The van der Waals surface area contributed by atoms with Crippen LogP contribution in [0.5, 0.6) is 5.75 Å². The van der Waals surface area contributed by atoms with Crippen LogP contribution < -0.4 is 9.46 Å². The maximum absolute atomic E-state index is 12.3. The number of sulfonamides is 1. The SMILES string of the molecule is COc1ccc(S(=O)(=O)NCc2nc(-c3ccc(Cl)cc3)no2)cc1. The van der Waals surface area contributed by atoms with Gasteiger partial charge < -0.3 is 9.26 Å². The third-order valence-corrected chi connectivity index (χ3v) is 5.02. The highest BCUT2D eigenvalue weighted by Crippen LogP contribution is 2.19. The molecule has 7 nitrogen and oxygen atoms in total. The van der Waals surface area contributed by atoms with Gasteiger partial charge in [0.2, 0.25) is 21.7 Å². The van der Waals surface area contributed by atoms with Crippen molar-refractivity contribution in [2.45, 2.75) is 11.4 Å². The van der Waals surface area contributed by atoms with Gasteiger partial charge in [0.15, 0.2) is 0 Å². The van der Waals surface area contributed by atoms with Gasteiger partial charge in [-0.2, -0.15) is 4.98 Å². The van der Waals surface area contributed by atoms with Crippen LogP contribution in [0.4, 0.5) is 0 Å². The van der Waals surface area contributed by atoms with Gasteiger partial charge in [0.25, 0.3) is 0 Å². The first-order valence-electron chi connectivity index (χ1n) is 7.20. The van der Waals surface area contributed by atoms with Crippen molar-refractivity contribution < 1.29 is 17.7 Å². The van der Waals surface area contributed by atoms with E-state index in [1.807, 2.05) is 0 Å². The summed E-state index contributed by atoms with van der Waals surface area (Å²) in [6, 6.07) is 13.0. The molecule has 0 saturated heterocycles. The number of nitrogens with one attached hydrogen (secondary N) is 1. The van der Waals surface area contributed by atoms with Crippen LogP contribution in [0.25, 0.3) is 11.4 Å². The molecule has 0 spiro atoms. The smallest absolute Gasteiger partial charge is 0.242 e. The minimum absolute atomic E-state index is 0.116. The summed E-state index contributed by atoms with van der Waals surface area (Å²) < 4.78 is 37.0. The molecule has 3 aromatic rings. The van der Waals surface area contributed by atoms with Crippen molar-refractivity contribution in [3.63, 3.8) is 0 Å². The summed E-state index contributed by atoms with van der Waals surface area (Å²) in [5, 5.41) is 4.43. The second-order valence-corrected chi connectivity index (χ2v) is 7.22. The number of hydrogen-bond donors (Lipinski definition) is 1. The molecule has 0 aliphatic carbocycles. The zero-order chi connectivity index (χ0) is 17.9. The second kappa shape index (κ2) is 7.22. The van der Waals surface area contributed by atoms with E-state index in [-0.39, 0.29) is 17.3 Å². The van der Waals surface area contributed by atoms with Crippen LogP contribution in [0.2, 0.25) is 5.02 Å². The van der Waals surface area contributed by atoms with E-state index in [9.17, 15) is 8.42 Å². The van der Waals surface area contributed by atoms with Crippen molar-refractivity contribution in [3.05, 3.63) is 59.4 Å². The number of rotatable bonds is 6. The van der Waals surface area contributed by atoms with Gasteiger partial charge in [0.05, 0.1) is 18.6 Å². The fourth-order valence-electron chi connectivity index (χ4n) is 2.04. The minimum Gasteiger partial charge on any atom is -0.497 e. The molecule has 3 rings (SSSR count). The van der Waals surface area contributed by atoms with Crippen molar-refractivity contribution in [1.29, 1.82) is 0 Å². The van der Waals surface area contributed by atoms with Crippen LogP contribution in [0, 0.1) is 0 Å². The molecular formula is C16H14ClN3O4S. The Morgan fingerprint density at radius 1 is 1.12 bits per heavy atom. The Morgan fingerprint density at radius 2 is 1.80 bits per heavy atom. The van der Waals surface area contributed by atoms with Crippen molar-refractivity contribution in [3.8, 4) is 17.1 Å². The van der Waals surface area contributed by atoms with E-state index in [2.05, 4.69) is 14.9 Å². The van der Waals surface area contributed by atoms with Gasteiger partial charge in [-0.1, -0.05) is 16.8 Å². The fraction of sp³-hybridized carbons (Fsp3) is 0.125. The van der Waals surface area contributed by atoms with E-state index >= 15 is 0 Å². The molecule has 0 unspecified atom stereocenters. The standard InChI is InChI=1S/C16H14ClN3O4S/c1-23-13-6-8-14(9-7-13)25(21,22)18-10-15-19-16(20-24-15)11-2-4-12(17)5-3-11/h2-9,18H,10H2,1H3. The van der Waals surface area contributed by atoms with E-state index < -0.39 is 10.0 Å². The van der Waals surface area contributed by atoms with Gasteiger partial charge >= 0.3 is 0 Å². The van der Waals surface area contributed by atoms with Gasteiger partial charge in [-0.05, 0) is 48.5 Å². The largest absolute Gasteiger partial charge is 0.497 e. The number of aromatic nitrogens is 2. The first-order chi connectivity index (χ1) is 12.0. The van der Waals surface area contributed by atoms with E-state index in [0.29, 0.717) is 16.6 Å². The quantitative estimate of drug-likeness (QED) is 0.707. The van der Waals surface area contributed by atoms with Crippen LogP contribution in [-0.4, -0.2) is 25.7 Å². The highest BCUT2D eigenvalue weighted by Gasteiger charge is 2.16. The molecule has 1 heterocycles. The van der Waals surface area contributed by atoms with E-state index in [1.165, 1.54) is 19.2 Å². The first-order valence-corrected chi connectivity index (χ1v) is 9.06. The summed E-state index contributed by atoms with van der Waals surface area (Å²) in [6.45, 7) is -0.116. The lowest BCUT2D eigenvalue weighted by molar-refractivity contribution is 0.376. The molecule has 0 amide bonds. The van der Waals surface area contributed by atoms with Crippen LogP contribution in [0.1, 0.15) is 5.89 Å². The molecule has 130 valence electrons. The predicted octanol–water partition coefficient (Wildman–Crippen LogP) is 2.88. The van der Waals surface area contributed by atoms with Crippen molar-refractivity contribution >= 4 is 21.6 Å². The van der Waals surface area contributed by atoms with E-state index in [4.69, 9.17) is 20.9 Å². The third kappa shape index (κ3) is 4.16. The lowest BCUT2D eigenvalue weighted by atomic mass is 10.2. The van der Waals surface area contributed by atoms with Gasteiger partial charge in [0.1, 0.15) is 5.75 Å². The molecular weight excluding hydrogens is 366 g/mol. The molecule has 0 fully saturated rings. The third-order valence-electron chi connectivity index (χ3n) is 3.35. The number of hydrogen-bond acceptors (Lipinski definition) is 6. The first kappa shape index (κ1) is 17.4. The van der Waals surface area contributed by atoms with Crippen molar-refractivity contribution in [1.82, 2.24) is 14.9 Å². The second-order valence-electron chi connectivity index (χ2n) is 5.02. The molecule has 1 N–H and O–H groups in total. The van der Waals surface area contributed by atoms with Crippen molar-refractivity contribution in [2.24, 2.45) is 0 Å². The maximum Gasteiger partial charge on any atom is 0.242 e. The molecule has 2 aromatic carbocycles. The summed E-state index contributed by atoms with van der Waals surface area (Å²) in [6.07, 6.45) is 0. The Morgan fingerprint density at radius 3 is 2.44 bits per heavy atom. The zero-order valence-corrected chi connectivity index (χ0v) is 14.7. The van der Waals surface area contributed by atoms with Gasteiger partial charge in [-0.3, -0.25) is 0 Å². The Balaban J connectivity index is 1.69. The summed E-state index contributed by atoms with van der Waals surface area (Å²) in [4.78, 5) is 4.28. The summed E-state index contributed by atoms with van der Waals surface area (Å²) in [5.41, 5.74) is 0.720. The van der Waals surface area contributed by atoms with Crippen molar-refractivity contribution in [2.75, 3.05) is 7.11 Å². The van der Waals surface area contributed by atoms with E-state index in [0.717, 1.165) is 5.56 Å². The van der Waals surface area contributed by atoms with Gasteiger partial charge in [0, 0.05) is 10.6 Å². The summed E-state index contributed by atoms with van der Waals surface area (Å²) >= 11 is 5.83. The number of halogens is 1. The number of nitrogens with zero attached hydrogens (tertiary/aromatic N) is 2. The summed E-state index contributed by atoms with van der Waals surface area (Å²) in [7, 11) is -2.19. The molecule has 0 bridgehead atoms. The molecule has 1 aromatic heterocycles. The fourth-order valence-corrected chi connectivity index (χ4v) is 3.14. The molecule has 0 aliphatic heterocycles. The lowest BCUT2D eigenvalue weighted by Crippen LogP contribution is -2.23. The monoisotopic (exact) mass is 379 g/mol. The molecule has 25 heavy (non-hydrogen) atoms. The zero-order valence-electron chi connectivity index (χ0n) is 13.1. The Kier molecular flexibility index (Phi) is 5.03. The maximum atomic E-state index is 12.3. The highest BCUT2D eigenvalue weighted by atomic mass is 35.5. The van der Waals surface area contributed by atoms with Crippen LogP contribution in [-0.2, 0) is 16.6 Å².